The van der Waals surface area contributed by atoms with Gasteiger partial charge in [0.05, 0.1) is 6.42 Å². The monoisotopic (exact) mass is 391 g/mol. The molecule has 154 valence electrons. The lowest BCUT2D eigenvalue weighted by molar-refractivity contribution is -0.131. The smallest absolute Gasteiger partial charge is 0.231 e. The van der Waals surface area contributed by atoms with Gasteiger partial charge < -0.3 is 4.90 Å². The van der Waals surface area contributed by atoms with Gasteiger partial charge in [0.2, 0.25) is 5.91 Å². The standard InChI is InChI=1S/C24H27NO2.C2H6/c1-2-3-14-21-18-25(24(27)16-20-12-8-5-9-13-20)22(17-23(21)26)15-19-10-6-4-7-11-19;1-2/h4-13,18,22H,2-3,14-17H2,1H3;1-2H3. The maximum absolute atomic E-state index is 13.1. The molecule has 0 spiro atoms. The van der Waals surface area contributed by atoms with Gasteiger partial charge in [-0.2, -0.15) is 0 Å². The number of Topliss-reactive ketones (excluding diaryl/α,β-unsaturated/α-hetero) is 1. The second-order valence-electron chi connectivity index (χ2n) is 7.19. The number of amides is 1. The lowest BCUT2D eigenvalue weighted by Gasteiger charge is -2.33. The van der Waals surface area contributed by atoms with Crippen LogP contribution in [0.4, 0.5) is 0 Å². The van der Waals surface area contributed by atoms with Crippen LogP contribution in [0.2, 0.25) is 0 Å². The van der Waals surface area contributed by atoms with Crippen LogP contribution in [0.25, 0.3) is 0 Å². The van der Waals surface area contributed by atoms with Gasteiger partial charge in [-0.15, -0.1) is 0 Å². The first kappa shape index (κ1) is 22.6. The molecule has 1 amide bonds. The van der Waals surface area contributed by atoms with E-state index in [1.54, 1.807) is 0 Å². The van der Waals surface area contributed by atoms with E-state index in [9.17, 15) is 9.59 Å². The van der Waals surface area contributed by atoms with Crippen molar-refractivity contribution in [2.24, 2.45) is 0 Å². The minimum absolute atomic E-state index is 0.0589. The maximum atomic E-state index is 13.1. The van der Waals surface area contributed by atoms with E-state index in [4.69, 9.17) is 0 Å². The molecule has 0 radical (unpaired) electrons. The number of benzene rings is 2. The molecule has 1 heterocycles. The van der Waals surface area contributed by atoms with Crippen molar-refractivity contribution in [3.05, 3.63) is 83.6 Å². The molecule has 1 unspecified atom stereocenters. The van der Waals surface area contributed by atoms with Gasteiger partial charge in [-0.05, 0) is 30.4 Å². The van der Waals surface area contributed by atoms with E-state index in [0.29, 0.717) is 19.3 Å². The Morgan fingerprint density at radius 3 is 2.14 bits per heavy atom. The molecule has 1 aliphatic heterocycles. The van der Waals surface area contributed by atoms with E-state index in [0.717, 1.165) is 36.0 Å². The van der Waals surface area contributed by atoms with Crippen LogP contribution in [-0.4, -0.2) is 22.6 Å². The lowest BCUT2D eigenvalue weighted by Crippen LogP contribution is -2.43. The van der Waals surface area contributed by atoms with Gasteiger partial charge >= 0.3 is 0 Å². The molecule has 0 bridgehead atoms. The Balaban J connectivity index is 0.00000145. The first-order valence-electron chi connectivity index (χ1n) is 10.8. The average Bonchev–Trinajstić information content (AvgIpc) is 2.76. The number of carbonyl (C=O) groups is 2. The zero-order chi connectivity index (χ0) is 21.1. The van der Waals surface area contributed by atoms with Gasteiger partial charge in [0.1, 0.15) is 0 Å². The van der Waals surface area contributed by atoms with Crippen molar-refractivity contribution in [1.29, 1.82) is 0 Å². The van der Waals surface area contributed by atoms with Gasteiger partial charge in [0.15, 0.2) is 5.78 Å². The van der Waals surface area contributed by atoms with Crippen LogP contribution in [0.3, 0.4) is 0 Å². The van der Waals surface area contributed by atoms with Crippen molar-refractivity contribution in [2.75, 3.05) is 0 Å². The van der Waals surface area contributed by atoms with Crippen molar-refractivity contribution in [1.82, 2.24) is 4.90 Å². The molecular formula is C26H33NO2. The van der Waals surface area contributed by atoms with Crippen LogP contribution in [0, 0.1) is 0 Å². The molecule has 1 aliphatic rings. The number of ketones is 1. The quantitative estimate of drug-likeness (QED) is 0.603. The lowest BCUT2D eigenvalue weighted by atomic mass is 9.91. The van der Waals surface area contributed by atoms with E-state index < -0.39 is 0 Å². The first-order chi connectivity index (χ1) is 14.2. The summed E-state index contributed by atoms with van der Waals surface area (Å²) < 4.78 is 0. The van der Waals surface area contributed by atoms with Crippen LogP contribution in [-0.2, 0) is 22.4 Å². The van der Waals surface area contributed by atoms with Gasteiger partial charge in [-0.25, -0.2) is 0 Å². The normalized spacial score (nSPS) is 16.0. The third-order valence-corrected chi connectivity index (χ3v) is 5.07. The van der Waals surface area contributed by atoms with Gasteiger partial charge in [-0.3, -0.25) is 9.59 Å². The SMILES string of the molecule is CC.CCCCC1=CN(C(=O)Cc2ccccc2)C(Cc2ccccc2)CC1=O. The highest BCUT2D eigenvalue weighted by Crippen LogP contribution is 2.25. The number of hydrogen-bond acceptors (Lipinski definition) is 2. The summed E-state index contributed by atoms with van der Waals surface area (Å²) in [6, 6.07) is 19.8. The maximum Gasteiger partial charge on any atom is 0.231 e. The Kier molecular flexibility index (Phi) is 9.36. The highest BCUT2D eigenvalue weighted by Gasteiger charge is 2.31. The number of unbranched alkanes of at least 4 members (excludes halogenated alkanes) is 1. The predicted molar refractivity (Wildman–Crippen MR) is 120 cm³/mol. The molecule has 1 atom stereocenters. The topological polar surface area (TPSA) is 37.4 Å². The van der Waals surface area contributed by atoms with Crippen molar-refractivity contribution in [3.8, 4) is 0 Å². The van der Waals surface area contributed by atoms with E-state index in [2.05, 4.69) is 19.1 Å². The third-order valence-electron chi connectivity index (χ3n) is 5.07. The molecule has 0 fully saturated rings. The van der Waals surface area contributed by atoms with Crippen molar-refractivity contribution in [3.63, 3.8) is 0 Å². The predicted octanol–water partition coefficient (Wildman–Crippen LogP) is 5.74. The largest absolute Gasteiger partial charge is 0.315 e. The summed E-state index contributed by atoms with van der Waals surface area (Å²) in [5.74, 6) is 0.247. The van der Waals surface area contributed by atoms with Gasteiger partial charge in [0, 0.05) is 24.2 Å². The number of rotatable bonds is 7. The Morgan fingerprint density at radius 2 is 1.55 bits per heavy atom. The fourth-order valence-electron chi connectivity index (χ4n) is 3.55. The summed E-state index contributed by atoms with van der Waals surface area (Å²) in [7, 11) is 0. The minimum atomic E-state index is -0.110. The minimum Gasteiger partial charge on any atom is -0.315 e. The molecule has 3 nitrogen and oxygen atoms in total. The molecule has 3 rings (SSSR count). The summed E-state index contributed by atoms with van der Waals surface area (Å²) in [4.78, 5) is 27.5. The van der Waals surface area contributed by atoms with Crippen LogP contribution in [0.5, 0.6) is 0 Å². The summed E-state index contributed by atoms with van der Waals surface area (Å²) in [5, 5.41) is 0. The molecular weight excluding hydrogens is 358 g/mol. The second kappa shape index (κ2) is 12.0. The molecule has 2 aromatic rings. The van der Waals surface area contributed by atoms with Crippen LogP contribution in [0.15, 0.2) is 72.4 Å². The summed E-state index contributed by atoms with van der Waals surface area (Å²) in [6.45, 7) is 6.12. The van der Waals surface area contributed by atoms with Crippen LogP contribution >= 0.6 is 0 Å². The molecule has 0 saturated heterocycles. The molecule has 0 saturated carbocycles. The van der Waals surface area contributed by atoms with Gasteiger partial charge in [-0.1, -0.05) is 87.9 Å². The summed E-state index contributed by atoms with van der Waals surface area (Å²) >= 11 is 0. The number of hydrogen-bond donors (Lipinski definition) is 0. The number of carbonyl (C=O) groups excluding carboxylic acids is 2. The van der Waals surface area contributed by atoms with E-state index >= 15 is 0 Å². The van der Waals surface area contributed by atoms with Crippen molar-refractivity contribution >= 4 is 11.7 Å². The molecule has 3 heteroatoms. The fraction of sp³-hybridized carbons (Fsp3) is 0.385. The van der Waals surface area contributed by atoms with E-state index in [1.807, 2.05) is 73.5 Å². The molecule has 0 aliphatic carbocycles. The highest BCUT2D eigenvalue weighted by molar-refractivity contribution is 5.98. The van der Waals surface area contributed by atoms with Crippen LogP contribution in [0.1, 0.15) is 57.6 Å². The number of allylic oxidation sites excluding steroid dienone is 1. The average molecular weight is 392 g/mol. The molecule has 2 aromatic carbocycles. The Labute approximate surface area is 175 Å². The zero-order valence-electron chi connectivity index (χ0n) is 17.9. The summed E-state index contributed by atoms with van der Waals surface area (Å²) in [5.41, 5.74) is 2.95. The van der Waals surface area contributed by atoms with E-state index in [-0.39, 0.29) is 17.7 Å². The number of nitrogens with zero attached hydrogens (tertiary/aromatic N) is 1. The molecule has 0 N–H and O–H groups in total. The highest BCUT2D eigenvalue weighted by atomic mass is 16.2. The summed E-state index contributed by atoms with van der Waals surface area (Å²) in [6.07, 6.45) is 6.06. The molecule has 0 aromatic heterocycles. The zero-order valence-corrected chi connectivity index (χ0v) is 17.9. The van der Waals surface area contributed by atoms with Gasteiger partial charge in [0.25, 0.3) is 0 Å². The Bertz CT molecular complexity index is 796. The van der Waals surface area contributed by atoms with Crippen LogP contribution < -0.4 is 0 Å². The van der Waals surface area contributed by atoms with Crippen molar-refractivity contribution in [2.45, 2.75) is 65.3 Å². The van der Waals surface area contributed by atoms with Crippen molar-refractivity contribution < 1.29 is 9.59 Å². The fourth-order valence-corrected chi connectivity index (χ4v) is 3.55. The molecule has 29 heavy (non-hydrogen) atoms. The third kappa shape index (κ3) is 6.70. The second-order valence-corrected chi connectivity index (χ2v) is 7.19. The van der Waals surface area contributed by atoms with E-state index in [1.165, 1.54) is 0 Å². The first-order valence-corrected chi connectivity index (χ1v) is 10.8. The Hall–Kier alpha value is -2.68. The Morgan fingerprint density at radius 1 is 0.966 bits per heavy atom.